The van der Waals surface area contributed by atoms with Gasteiger partial charge in [-0.2, -0.15) is 4.31 Å². The number of aromatic amines is 1. The van der Waals surface area contributed by atoms with Crippen LogP contribution in [0.15, 0.2) is 30.5 Å². The van der Waals surface area contributed by atoms with Crippen molar-refractivity contribution in [3.63, 3.8) is 0 Å². The van der Waals surface area contributed by atoms with E-state index in [2.05, 4.69) is 4.98 Å². The molecule has 1 aromatic heterocycles. The van der Waals surface area contributed by atoms with Crippen LogP contribution in [0, 0.1) is 0 Å². The summed E-state index contributed by atoms with van der Waals surface area (Å²) in [5.41, 5.74) is 2.07. The number of hydrogen-bond acceptors (Lipinski definition) is 4. The number of ether oxygens (including phenoxy) is 1. The Bertz CT molecular complexity index is 840. The molecule has 0 aliphatic carbocycles. The molecule has 0 bridgehead atoms. The van der Waals surface area contributed by atoms with E-state index in [9.17, 15) is 13.2 Å². The number of hydrogen-bond donors (Lipinski definition) is 1. The molecule has 3 rings (SSSR count). The number of sulfonamides is 1. The molecule has 25 heavy (non-hydrogen) atoms. The molecule has 1 saturated heterocycles. The van der Waals surface area contributed by atoms with E-state index in [1.807, 2.05) is 30.5 Å². The van der Waals surface area contributed by atoms with Crippen LogP contribution in [0.1, 0.15) is 5.56 Å². The van der Waals surface area contributed by atoms with Gasteiger partial charge in [-0.3, -0.25) is 4.79 Å². The highest BCUT2D eigenvalue weighted by Crippen LogP contribution is 2.18. The molecule has 0 radical (unpaired) electrons. The summed E-state index contributed by atoms with van der Waals surface area (Å²) in [6.07, 6.45) is 3.59. The lowest BCUT2D eigenvalue weighted by atomic mass is 10.1. The number of fused-ring (bicyclic) bond motifs is 1. The third kappa shape index (κ3) is 4.39. The van der Waals surface area contributed by atoms with Crippen LogP contribution >= 0.6 is 0 Å². The molecule has 1 N–H and O–H groups in total. The smallest absolute Gasteiger partial charge is 0.238 e. The number of H-pyrrole nitrogens is 1. The maximum Gasteiger partial charge on any atom is 0.238 e. The van der Waals surface area contributed by atoms with Gasteiger partial charge in [0, 0.05) is 36.7 Å². The molecule has 1 aliphatic heterocycles. The van der Waals surface area contributed by atoms with Crippen LogP contribution in [0.25, 0.3) is 10.9 Å². The minimum atomic E-state index is -3.46. The average molecular weight is 365 g/mol. The summed E-state index contributed by atoms with van der Waals surface area (Å²) in [6, 6.07) is 7.89. The number of morpholine rings is 1. The summed E-state index contributed by atoms with van der Waals surface area (Å²) in [5, 5.41) is 1.08. The molecule has 1 amide bonds. The predicted molar refractivity (Wildman–Crippen MR) is 95.8 cm³/mol. The third-order valence-corrected chi connectivity index (χ3v) is 5.70. The van der Waals surface area contributed by atoms with Gasteiger partial charge in [-0.15, -0.1) is 0 Å². The van der Waals surface area contributed by atoms with Crippen molar-refractivity contribution < 1.29 is 17.9 Å². The minimum Gasteiger partial charge on any atom is -0.378 e. The van der Waals surface area contributed by atoms with Crippen molar-refractivity contribution in [3.8, 4) is 0 Å². The van der Waals surface area contributed by atoms with Crippen LogP contribution in [0.2, 0.25) is 0 Å². The first kappa shape index (κ1) is 17.9. The number of rotatable bonds is 6. The van der Waals surface area contributed by atoms with E-state index in [-0.39, 0.29) is 19.0 Å². The summed E-state index contributed by atoms with van der Waals surface area (Å²) in [5.74, 6) is -0.173. The summed E-state index contributed by atoms with van der Waals surface area (Å²) >= 11 is 0. The van der Waals surface area contributed by atoms with Crippen LogP contribution in [0.4, 0.5) is 0 Å². The molecule has 1 aliphatic rings. The Morgan fingerprint density at radius 2 is 2.00 bits per heavy atom. The zero-order valence-electron chi connectivity index (χ0n) is 14.3. The normalized spacial score (nSPS) is 15.8. The van der Waals surface area contributed by atoms with Crippen LogP contribution in [-0.2, 0) is 26.0 Å². The van der Waals surface area contributed by atoms with Gasteiger partial charge in [0.05, 0.1) is 26.0 Å². The van der Waals surface area contributed by atoms with Gasteiger partial charge in [0.2, 0.25) is 15.9 Å². The van der Waals surface area contributed by atoms with Crippen molar-refractivity contribution in [1.82, 2.24) is 14.2 Å². The summed E-state index contributed by atoms with van der Waals surface area (Å²) < 4.78 is 30.7. The number of carbonyl (C=O) groups excluding carboxylic acids is 1. The lowest BCUT2D eigenvalue weighted by Gasteiger charge is -2.29. The number of aromatic nitrogens is 1. The molecule has 8 heteroatoms. The van der Waals surface area contributed by atoms with Crippen LogP contribution in [0.3, 0.4) is 0 Å². The number of amides is 1. The number of nitrogens with zero attached hydrogens (tertiary/aromatic N) is 2. The molecule has 1 fully saturated rings. The number of carbonyl (C=O) groups is 1. The number of nitrogens with one attached hydrogen (secondary N) is 1. The van der Waals surface area contributed by atoms with Crippen molar-refractivity contribution >= 4 is 26.8 Å². The molecular formula is C17H23N3O4S. The highest BCUT2D eigenvalue weighted by Gasteiger charge is 2.24. The first-order chi connectivity index (χ1) is 11.9. The minimum absolute atomic E-state index is 0.124. The Balaban J connectivity index is 1.68. The SMILES string of the molecule is CS(=O)(=O)N(CCc1c[nH]c2ccccc12)CC(=O)N1CCOCC1. The van der Waals surface area contributed by atoms with Gasteiger partial charge >= 0.3 is 0 Å². The zero-order chi connectivity index (χ0) is 17.9. The first-order valence-corrected chi connectivity index (χ1v) is 10.2. The Morgan fingerprint density at radius 3 is 2.72 bits per heavy atom. The van der Waals surface area contributed by atoms with Gasteiger partial charge in [-0.25, -0.2) is 8.42 Å². The van der Waals surface area contributed by atoms with Crippen molar-refractivity contribution in [1.29, 1.82) is 0 Å². The summed E-state index contributed by atoms with van der Waals surface area (Å²) in [7, 11) is -3.46. The van der Waals surface area contributed by atoms with Gasteiger partial charge in [0.1, 0.15) is 0 Å². The Labute approximate surface area is 147 Å². The first-order valence-electron chi connectivity index (χ1n) is 8.31. The second kappa shape index (κ2) is 7.55. The molecule has 0 spiro atoms. The summed E-state index contributed by atoms with van der Waals surface area (Å²) in [4.78, 5) is 17.2. The molecule has 0 atom stereocenters. The molecule has 0 saturated carbocycles. The maximum absolute atomic E-state index is 12.4. The van der Waals surface area contributed by atoms with E-state index in [0.29, 0.717) is 32.7 Å². The number of para-hydroxylation sites is 1. The molecular weight excluding hydrogens is 342 g/mol. The topological polar surface area (TPSA) is 82.7 Å². The molecule has 2 heterocycles. The maximum atomic E-state index is 12.4. The van der Waals surface area contributed by atoms with Crippen LogP contribution < -0.4 is 0 Å². The molecule has 136 valence electrons. The zero-order valence-corrected chi connectivity index (χ0v) is 15.1. The second-order valence-corrected chi connectivity index (χ2v) is 8.18. The van der Waals surface area contributed by atoms with Gasteiger partial charge in [0.15, 0.2) is 0 Å². The lowest BCUT2D eigenvalue weighted by Crippen LogP contribution is -2.47. The molecule has 2 aromatic rings. The second-order valence-electron chi connectivity index (χ2n) is 6.20. The Kier molecular flexibility index (Phi) is 5.41. The van der Waals surface area contributed by atoms with E-state index in [1.54, 1.807) is 4.90 Å². The molecule has 1 aromatic carbocycles. The highest BCUT2D eigenvalue weighted by molar-refractivity contribution is 7.88. The van der Waals surface area contributed by atoms with Gasteiger partial charge in [-0.05, 0) is 18.1 Å². The van der Waals surface area contributed by atoms with E-state index in [0.717, 1.165) is 22.7 Å². The fourth-order valence-corrected chi connectivity index (χ4v) is 3.78. The fourth-order valence-electron chi connectivity index (χ4n) is 3.01. The molecule has 7 nitrogen and oxygen atoms in total. The monoisotopic (exact) mass is 365 g/mol. The van der Waals surface area contributed by atoms with Crippen LogP contribution in [0.5, 0.6) is 0 Å². The number of benzene rings is 1. The predicted octanol–water partition coefficient (Wildman–Crippen LogP) is 0.831. The highest BCUT2D eigenvalue weighted by atomic mass is 32.2. The van der Waals surface area contributed by atoms with E-state index in [1.165, 1.54) is 4.31 Å². The van der Waals surface area contributed by atoms with E-state index < -0.39 is 10.0 Å². The van der Waals surface area contributed by atoms with Gasteiger partial charge < -0.3 is 14.6 Å². The van der Waals surface area contributed by atoms with Crippen molar-refractivity contribution in [2.75, 3.05) is 45.6 Å². The third-order valence-electron chi connectivity index (χ3n) is 4.45. The Morgan fingerprint density at radius 1 is 1.28 bits per heavy atom. The quantitative estimate of drug-likeness (QED) is 0.822. The Hall–Kier alpha value is -1.90. The lowest BCUT2D eigenvalue weighted by molar-refractivity contribution is -0.135. The fraction of sp³-hybridized carbons (Fsp3) is 0.471. The molecule has 0 unspecified atom stereocenters. The van der Waals surface area contributed by atoms with Crippen molar-refractivity contribution in [2.45, 2.75) is 6.42 Å². The van der Waals surface area contributed by atoms with E-state index >= 15 is 0 Å². The van der Waals surface area contributed by atoms with Gasteiger partial charge in [-0.1, -0.05) is 18.2 Å². The largest absolute Gasteiger partial charge is 0.378 e. The van der Waals surface area contributed by atoms with Gasteiger partial charge in [0.25, 0.3) is 0 Å². The van der Waals surface area contributed by atoms with Crippen LogP contribution in [-0.4, -0.2) is 74.2 Å². The van der Waals surface area contributed by atoms with Crippen molar-refractivity contribution in [3.05, 3.63) is 36.0 Å². The average Bonchev–Trinajstić information content (AvgIpc) is 3.01. The van der Waals surface area contributed by atoms with E-state index in [4.69, 9.17) is 4.74 Å². The standard InChI is InChI=1S/C17H23N3O4S/c1-25(22,23)20(13-17(21)19-8-10-24-11-9-19)7-6-14-12-18-16-5-3-2-4-15(14)16/h2-5,12,18H,6-11,13H2,1H3. The summed E-state index contributed by atoms with van der Waals surface area (Å²) in [6.45, 7) is 2.18. The van der Waals surface area contributed by atoms with Crippen molar-refractivity contribution in [2.24, 2.45) is 0 Å².